The first-order valence-corrected chi connectivity index (χ1v) is 17.9. The first-order chi connectivity index (χ1) is 24.4. The number of anilines is 1. The number of aromatic amines is 1. The van der Waals surface area contributed by atoms with Crippen molar-refractivity contribution in [3.05, 3.63) is 104 Å². The maximum absolute atomic E-state index is 14.0. The molecule has 0 bridgehead atoms. The number of hydrogen-bond donors (Lipinski definition) is 2. The smallest absolute Gasteiger partial charge is 0.338 e. The Bertz CT molecular complexity index is 2120. The van der Waals surface area contributed by atoms with E-state index in [1.807, 2.05) is 44.8 Å². The highest BCUT2D eigenvalue weighted by atomic mass is 35.5. The van der Waals surface area contributed by atoms with E-state index in [2.05, 4.69) is 30.2 Å². The molecule has 2 amide bonds. The highest BCUT2D eigenvalue weighted by Gasteiger charge is 2.42. The van der Waals surface area contributed by atoms with Gasteiger partial charge in [0.05, 0.1) is 30.6 Å². The number of fused-ring (bicyclic) bond motifs is 1. The first-order valence-electron chi connectivity index (χ1n) is 15.7. The molecule has 0 unspecified atom stereocenters. The second-order valence-electron chi connectivity index (χ2n) is 11.9. The van der Waals surface area contributed by atoms with Crippen LogP contribution < -0.4 is 10.2 Å². The topological polar surface area (TPSA) is 132 Å². The van der Waals surface area contributed by atoms with Crippen LogP contribution in [0.1, 0.15) is 16.6 Å². The molecule has 0 saturated carbocycles. The average Bonchev–Trinajstić information content (AvgIpc) is 3.96. The fourth-order valence-corrected chi connectivity index (χ4v) is 8.01. The Morgan fingerprint density at radius 1 is 1.04 bits per heavy atom. The van der Waals surface area contributed by atoms with Crippen LogP contribution in [-0.4, -0.2) is 93.4 Å². The number of nitrogens with zero attached hydrogens (tertiary/aromatic N) is 7. The molecule has 6 heterocycles. The fourth-order valence-electron chi connectivity index (χ4n) is 6.56. The van der Waals surface area contributed by atoms with E-state index in [1.165, 1.54) is 48.0 Å². The SMILES string of the molecule is COC(=O)C1=C(CN2CCN3C(=O)N(c4ccc(-c5cnc(-c6nccs6)[nH]5)cc4)C[C@@H]3C2)NC(c2nccs2)=N[C@H]1c1ccc(F)cc1Cl. The van der Waals surface area contributed by atoms with Gasteiger partial charge in [0.1, 0.15) is 11.9 Å². The number of piperazine rings is 1. The van der Waals surface area contributed by atoms with Crippen LogP contribution in [0.3, 0.4) is 0 Å². The Kier molecular flexibility index (Phi) is 8.64. The van der Waals surface area contributed by atoms with Crippen LogP contribution in [0.4, 0.5) is 14.9 Å². The highest BCUT2D eigenvalue weighted by molar-refractivity contribution is 7.13. The van der Waals surface area contributed by atoms with Gasteiger partial charge in [-0.2, -0.15) is 0 Å². The van der Waals surface area contributed by atoms with Crippen LogP contribution in [0.15, 0.2) is 88.1 Å². The summed E-state index contributed by atoms with van der Waals surface area (Å²) in [5, 5.41) is 8.70. The van der Waals surface area contributed by atoms with Crippen molar-refractivity contribution in [2.24, 2.45) is 4.99 Å². The molecule has 0 aliphatic carbocycles. The number of methoxy groups -OCH3 is 1. The molecule has 12 nitrogen and oxygen atoms in total. The number of hydrogen-bond acceptors (Lipinski definition) is 11. The minimum Gasteiger partial charge on any atom is -0.466 e. The fraction of sp³-hybridized carbons (Fsp3) is 0.235. The first kappa shape index (κ1) is 32.3. The van der Waals surface area contributed by atoms with Crippen molar-refractivity contribution in [2.75, 3.05) is 44.7 Å². The second kappa shape index (κ2) is 13.4. The lowest BCUT2D eigenvalue weighted by molar-refractivity contribution is -0.136. The van der Waals surface area contributed by atoms with Gasteiger partial charge in [-0.05, 0) is 29.8 Å². The van der Waals surface area contributed by atoms with E-state index >= 15 is 0 Å². The molecule has 3 aliphatic heterocycles. The number of thiazole rings is 2. The lowest BCUT2D eigenvalue weighted by Crippen LogP contribution is -2.53. The molecule has 3 aliphatic rings. The number of H-pyrrole nitrogens is 1. The molecule has 2 fully saturated rings. The lowest BCUT2D eigenvalue weighted by atomic mass is 9.95. The zero-order chi connectivity index (χ0) is 34.4. The monoisotopic (exact) mass is 729 g/mol. The van der Waals surface area contributed by atoms with E-state index in [1.54, 1.807) is 18.6 Å². The molecular formula is C34H29ClFN9O3S2. The van der Waals surface area contributed by atoms with Gasteiger partial charge in [-0.15, -0.1) is 22.7 Å². The van der Waals surface area contributed by atoms with Crippen molar-refractivity contribution in [3.63, 3.8) is 0 Å². The molecule has 254 valence electrons. The van der Waals surface area contributed by atoms with Gasteiger partial charge in [-0.3, -0.25) is 14.8 Å². The molecule has 2 atom stereocenters. The largest absolute Gasteiger partial charge is 0.466 e. The van der Waals surface area contributed by atoms with Crippen molar-refractivity contribution in [1.82, 2.24) is 35.1 Å². The Morgan fingerprint density at radius 2 is 1.82 bits per heavy atom. The van der Waals surface area contributed by atoms with Gasteiger partial charge in [0, 0.05) is 77.8 Å². The molecule has 8 rings (SSSR count). The standard InChI is InChI=1S/C34H29ClFN9O3S2/c1-48-33(46)27-26(41-30(32-38-9-13-50-32)42-28(27)23-7-4-20(36)14-24(23)35)18-43-10-11-44-22(16-43)17-45(34(44)47)21-5-2-19(3-6-21)25-15-39-29(40-25)31-37-8-12-49-31/h2-9,12-15,22,28H,10-11,16-18H2,1H3,(H,39,40)(H,41,42)/t22-,28-/m0/s1. The molecular weight excluding hydrogens is 701 g/mol. The average molecular weight is 730 g/mol. The number of imidazole rings is 1. The van der Waals surface area contributed by atoms with E-state index < -0.39 is 17.8 Å². The maximum atomic E-state index is 14.0. The molecule has 0 spiro atoms. The maximum Gasteiger partial charge on any atom is 0.338 e. The molecule has 0 radical (unpaired) electrons. The van der Waals surface area contributed by atoms with Crippen molar-refractivity contribution >= 4 is 57.8 Å². The molecule has 16 heteroatoms. The van der Waals surface area contributed by atoms with Gasteiger partial charge in [0.25, 0.3) is 0 Å². The van der Waals surface area contributed by atoms with Crippen molar-refractivity contribution < 1.29 is 18.7 Å². The van der Waals surface area contributed by atoms with Crippen LogP contribution in [0.2, 0.25) is 5.02 Å². The number of halogens is 2. The number of ether oxygens (including phenoxy) is 1. The molecule has 2 N–H and O–H groups in total. The summed E-state index contributed by atoms with van der Waals surface area (Å²) < 4.78 is 19.3. The number of aliphatic imine (C=N–C) groups is 1. The Balaban J connectivity index is 1.02. The second-order valence-corrected chi connectivity index (χ2v) is 14.1. The minimum atomic E-state index is -0.848. The third-order valence-corrected chi connectivity index (χ3v) is 10.8. The molecule has 3 aromatic heterocycles. The van der Waals surface area contributed by atoms with Crippen LogP contribution in [0.25, 0.3) is 22.1 Å². The van der Waals surface area contributed by atoms with E-state index in [0.717, 1.165) is 27.8 Å². The Labute approximate surface area is 298 Å². The summed E-state index contributed by atoms with van der Waals surface area (Å²) in [5.74, 6) is 0.133. The number of rotatable bonds is 8. The van der Waals surface area contributed by atoms with E-state index in [0.29, 0.717) is 54.8 Å². The summed E-state index contributed by atoms with van der Waals surface area (Å²) in [5.41, 5.74) is 3.98. The number of carbonyl (C=O) groups excluding carboxylic acids is 2. The summed E-state index contributed by atoms with van der Waals surface area (Å²) in [6.07, 6.45) is 5.21. The van der Waals surface area contributed by atoms with Crippen molar-refractivity contribution in [2.45, 2.75) is 12.1 Å². The van der Waals surface area contributed by atoms with Gasteiger partial charge in [0.15, 0.2) is 21.7 Å². The molecule has 2 aromatic carbocycles. The number of amides is 2. The number of benzene rings is 2. The number of aromatic nitrogens is 4. The van der Waals surface area contributed by atoms with E-state index in [-0.39, 0.29) is 22.7 Å². The van der Waals surface area contributed by atoms with Gasteiger partial charge in [0.2, 0.25) is 0 Å². The Hall–Kier alpha value is -4.96. The summed E-state index contributed by atoms with van der Waals surface area (Å²) in [6.45, 7) is 2.56. The van der Waals surface area contributed by atoms with Gasteiger partial charge < -0.3 is 19.9 Å². The van der Waals surface area contributed by atoms with Crippen LogP contribution in [0.5, 0.6) is 0 Å². The third kappa shape index (κ3) is 6.06. The Morgan fingerprint density at radius 3 is 2.54 bits per heavy atom. The van der Waals surface area contributed by atoms with Crippen LogP contribution in [-0.2, 0) is 9.53 Å². The molecule has 2 saturated heterocycles. The zero-order valence-corrected chi connectivity index (χ0v) is 28.9. The zero-order valence-electron chi connectivity index (χ0n) is 26.5. The molecule has 5 aromatic rings. The number of nitrogens with one attached hydrogen (secondary N) is 2. The number of amidine groups is 1. The minimum absolute atomic E-state index is 0.0375. The summed E-state index contributed by atoms with van der Waals surface area (Å²) in [7, 11) is 1.31. The summed E-state index contributed by atoms with van der Waals surface area (Å²) in [6, 6.07) is 10.9. The lowest BCUT2D eigenvalue weighted by Gasteiger charge is -2.38. The predicted molar refractivity (Wildman–Crippen MR) is 190 cm³/mol. The number of carbonyl (C=O) groups is 2. The van der Waals surface area contributed by atoms with E-state index in [4.69, 9.17) is 21.3 Å². The van der Waals surface area contributed by atoms with Crippen molar-refractivity contribution in [3.8, 4) is 22.1 Å². The molecule has 50 heavy (non-hydrogen) atoms. The van der Waals surface area contributed by atoms with Crippen LogP contribution in [0, 0.1) is 5.82 Å². The third-order valence-electron chi connectivity index (χ3n) is 8.94. The quantitative estimate of drug-likeness (QED) is 0.198. The van der Waals surface area contributed by atoms with Gasteiger partial charge in [-0.25, -0.2) is 28.9 Å². The summed E-state index contributed by atoms with van der Waals surface area (Å²) in [4.78, 5) is 54.2. The predicted octanol–water partition coefficient (Wildman–Crippen LogP) is 5.59. The van der Waals surface area contributed by atoms with Gasteiger partial charge in [-0.1, -0.05) is 29.8 Å². The van der Waals surface area contributed by atoms with E-state index in [9.17, 15) is 14.0 Å². The van der Waals surface area contributed by atoms with Gasteiger partial charge >= 0.3 is 12.0 Å². The number of urea groups is 1. The number of esters is 1. The highest BCUT2D eigenvalue weighted by Crippen LogP contribution is 2.37. The van der Waals surface area contributed by atoms with Crippen molar-refractivity contribution in [1.29, 1.82) is 0 Å². The van der Waals surface area contributed by atoms with Crippen LogP contribution >= 0.6 is 34.3 Å². The summed E-state index contributed by atoms with van der Waals surface area (Å²) >= 11 is 9.43. The normalized spacial score (nSPS) is 19.4.